The van der Waals surface area contributed by atoms with Gasteiger partial charge in [-0.2, -0.15) is 5.10 Å². The van der Waals surface area contributed by atoms with E-state index in [1.807, 2.05) is 30.0 Å². The van der Waals surface area contributed by atoms with Crippen LogP contribution in [0.2, 0.25) is 0 Å². The van der Waals surface area contributed by atoms with Crippen LogP contribution in [0.4, 0.5) is 0 Å². The summed E-state index contributed by atoms with van der Waals surface area (Å²) in [6.07, 6.45) is 1.74. The Morgan fingerprint density at radius 3 is 2.88 bits per heavy atom. The summed E-state index contributed by atoms with van der Waals surface area (Å²) in [7, 11) is 0. The van der Waals surface area contributed by atoms with Gasteiger partial charge >= 0.3 is 0 Å². The highest BCUT2D eigenvalue weighted by molar-refractivity contribution is 7.99. The van der Waals surface area contributed by atoms with Crippen molar-refractivity contribution in [2.24, 2.45) is 16.8 Å². The monoisotopic (exact) mass is 267 g/mol. The summed E-state index contributed by atoms with van der Waals surface area (Å²) in [5, 5.41) is 4.15. The molecule has 0 atom stereocenters. The van der Waals surface area contributed by atoms with Gasteiger partial charge in [0.25, 0.3) is 0 Å². The van der Waals surface area contributed by atoms with E-state index in [2.05, 4.69) is 42.7 Å². The normalized spacial score (nSPS) is 11.0. The van der Waals surface area contributed by atoms with E-state index in [0.29, 0.717) is 5.92 Å². The van der Waals surface area contributed by atoms with Crippen LogP contribution in [-0.4, -0.2) is 17.1 Å². The van der Waals surface area contributed by atoms with Crippen molar-refractivity contribution in [3.63, 3.8) is 0 Å². The summed E-state index contributed by atoms with van der Waals surface area (Å²) < 4.78 is 0. The second-order valence-corrected chi connectivity index (χ2v) is 5.48. The van der Waals surface area contributed by atoms with Crippen LogP contribution >= 0.6 is 24.0 Å². The largest absolute Gasteiger partial charge is 0.375 e. The lowest BCUT2D eigenvalue weighted by Gasteiger charge is -2.07. The third kappa shape index (κ3) is 5.70. The third-order valence-electron chi connectivity index (χ3n) is 1.87. The highest BCUT2D eigenvalue weighted by Gasteiger charge is 2.01. The topological polar surface area (TPSA) is 50.4 Å². The molecule has 3 N–H and O–H groups in total. The molecular weight excluding hydrogens is 250 g/mol. The smallest absolute Gasteiger partial charge is 0.184 e. The van der Waals surface area contributed by atoms with Crippen LogP contribution < -0.4 is 11.2 Å². The van der Waals surface area contributed by atoms with Crippen molar-refractivity contribution in [2.75, 3.05) is 5.75 Å². The number of benzene rings is 1. The summed E-state index contributed by atoms with van der Waals surface area (Å²) in [6, 6.07) is 8.13. The first-order chi connectivity index (χ1) is 8.09. The van der Waals surface area contributed by atoms with Crippen LogP contribution in [0, 0.1) is 5.92 Å². The highest BCUT2D eigenvalue weighted by Crippen LogP contribution is 2.23. The molecule has 0 amide bonds. The lowest BCUT2D eigenvalue weighted by molar-refractivity contribution is 0.750. The fourth-order valence-corrected chi connectivity index (χ4v) is 2.17. The number of hydrogen-bond donors (Lipinski definition) is 2. The van der Waals surface area contributed by atoms with Crippen molar-refractivity contribution in [3.05, 3.63) is 29.8 Å². The van der Waals surface area contributed by atoms with Gasteiger partial charge in [0.05, 0.1) is 6.21 Å². The lowest BCUT2D eigenvalue weighted by Crippen LogP contribution is -2.24. The van der Waals surface area contributed by atoms with Crippen LogP contribution in [0.25, 0.3) is 0 Å². The molecule has 0 heterocycles. The molecule has 0 unspecified atom stereocenters. The highest BCUT2D eigenvalue weighted by atomic mass is 32.2. The summed E-state index contributed by atoms with van der Waals surface area (Å²) in [5.41, 5.74) is 8.92. The standard InChI is InChI=1S/C12H17N3S2/c1-9(2)8-17-11-6-4-3-5-10(11)7-14-15-12(13)16/h3-7,9H,8H2,1-2H3,(H3,13,15,16). The van der Waals surface area contributed by atoms with Gasteiger partial charge in [-0.15, -0.1) is 11.8 Å². The molecule has 1 aromatic carbocycles. The molecular formula is C12H17N3S2. The Labute approximate surface area is 112 Å². The van der Waals surface area contributed by atoms with Crippen molar-refractivity contribution in [3.8, 4) is 0 Å². The van der Waals surface area contributed by atoms with Crippen LogP contribution in [0.15, 0.2) is 34.3 Å². The zero-order valence-corrected chi connectivity index (χ0v) is 11.6. The Morgan fingerprint density at radius 2 is 2.24 bits per heavy atom. The van der Waals surface area contributed by atoms with Crippen molar-refractivity contribution in [2.45, 2.75) is 18.7 Å². The SMILES string of the molecule is CC(C)CSc1ccccc1C=NNC(N)=S. The average molecular weight is 267 g/mol. The van der Waals surface area contributed by atoms with Crippen molar-refractivity contribution in [1.29, 1.82) is 0 Å². The summed E-state index contributed by atoms with van der Waals surface area (Å²) >= 11 is 6.51. The Hall–Kier alpha value is -1.07. The van der Waals surface area contributed by atoms with E-state index < -0.39 is 0 Å². The molecule has 0 aliphatic carbocycles. The maximum Gasteiger partial charge on any atom is 0.184 e. The molecule has 5 heteroatoms. The number of hydrogen-bond acceptors (Lipinski definition) is 3. The van der Waals surface area contributed by atoms with Crippen LogP contribution in [-0.2, 0) is 0 Å². The average Bonchev–Trinajstić information content (AvgIpc) is 2.27. The molecule has 0 saturated heterocycles. The van der Waals surface area contributed by atoms with Crippen molar-refractivity contribution in [1.82, 2.24) is 5.43 Å². The molecule has 0 aromatic heterocycles. The van der Waals surface area contributed by atoms with E-state index in [4.69, 9.17) is 5.73 Å². The number of thioether (sulfide) groups is 1. The molecule has 0 radical (unpaired) electrons. The molecule has 0 saturated carbocycles. The summed E-state index contributed by atoms with van der Waals surface area (Å²) in [5.74, 6) is 1.76. The zero-order valence-electron chi connectivity index (χ0n) is 10.0. The molecule has 0 bridgehead atoms. The zero-order chi connectivity index (χ0) is 12.7. The third-order valence-corrected chi connectivity index (χ3v) is 3.48. The molecule has 1 aromatic rings. The van der Waals surface area contributed by atoms with Gasteiger partial charge in [0.15, 0.2) is 5.11 Å². The van der Waals surface area contributed by atoms with Gasteiger partial charge in [-0.25, -0.2) is 0 Å². The Kier molecular flexibility index (Phi) is 6.00. The summed E-state index contributed by atoms with van der Waals surface area (Å²) in [6.45, 7) is 4.41. The number of thiocarbonyl (C=S) groups is 1. The molecule has 0 spiro atoms. The predicted molar refractivity (Wildman–Crippen MR) is 79.5 cm³/mol. The van der Waals surface area contributed by atoms with E-state index in [9.17, 15) is 0 Å². The first-order valence-electron chi connectivity index (χ1n) is 5.40. The quantitative estimate of drug-likeness (QED) is 0.373. The number of nitrogens with two attached hydrogens (primary N) is 1. The molecule has 1 rings (SSSR count). The van der Waals surface area contributed by atoms with Crippen LogP contribution in [0.5, 0.6) is 0 Å². The van der Waals surface area contributed by atoms with Gasteiger partial charge < -0.3 is 5.73 Å². The first kappa shape index (κ1) is 14.0. The van der Waals surface area contributed by atoms with Crippen molar-refractivity contribution < 1.29 is 0 Å². The first-order valence-corrected chi connectivity index (χ1v) is 6.79. The number of nitrogens with zero attached hydrogens (tertiary/aromatic N) is 1. The second kappa shape index (κ2) is 7.29. The number of rotatable bonds is 5. The van der Waals surface area contributed by atoms with E-state index >= 15 is 0 Å². The van der Waals surface area contributed by atoms with E-state index in [1.165, 1.54) is 4.90 Å². The van der Waals surface area contributed by atoms with Gasteiger partial charge in [0, 0.05) is 16.2 Å². The molecule has 92 valence electrons. The number of nitrogens with one attached hydrogen (secondary N) is 1. The Balaban J connectivity index is 2.70. The second-order valence-electron chi connectivity index (χ2n) is 3.98. The van der Waals surface area contributed by atoms with E-state index in [-0.39, 0.29) is 5.11 Å². The summed E-state index contributed by atoms with van der Waals surface area (Å²) in [4.78, 5) is 1.22. The minimum absolute atomic E-state index is 0.175. The van der Waals surface area contributed by atoms with Gasteiger partial charge in [-0.05, 0) is 24.2 Å². The van der Waals surface area contributed by atoms with Crippen LogP contribution in [0.3, 0.4) is 0 Å². The fraction of sp³-hybridized carbons (Fsp3) is 0.333. The lowest BCUT2D eigenvalue weighted by atomic mass is 10.2. The van der Waals surface area contributed by atoms with Gasteiger partial charge in [0.1, 0.15) is 0 Å². The van der Waals surface area contributed by atoms with E-state index in [0.717, 1.165) is 11.3 Å². The molecule has 0 aliphatic rings. The van der Waals surface area contributed by atoms with Gasteiger partial charge in [-0.3, -0.25) is 5.43 Å². The minimum atomic E-state index is 0.175. The number of hydrazone groups is 1. The van der Waals surface area contributed by atoms with E-state index in [1.54, 1.807) is 6.21 Å². The Bertz CT molecular complexity index is 402. The maximum atomic E-state index is 5.29. The fourth-order valence-electron chi connectivity index (χ4n) is 1.14. The molecule has 17 heavy (non-hydrogen) atoms. The van der Waals surface area contributed by atoms with Crippen LogP contribution in [0.1, 0.15) is 19.4 Å². The Morgan fingerprint density at radius 1 is 1.53 bits per heavy atom. The van der Waals surface area contributed by atoms with Crippen molar-refractivity contribution >= 4 is 35.3 Å². The minimum Gasteiger partial charge on any atom is -0.375 e. The van der Waals surface area contributed by atoms with Gasteiger partial charge in [0.2, 0.25) is 0 Å². The molecule has 0 fully saturated rings. The maximum absolute atomic E-state index is 5.29. The predicted octanol–water partition coefficient (Wildman–Crippen LogP) is 2.60. The molecule has 0 aliphatic heterocycles. The van der Waals surface area contributed by atoms with Gasteiger partial charge in [-0.1, -0.05) is 32.0 Å². The molecule has 3 nitrogen and oxygen atoms in total.